The molecule has 0 aliphatic carbocycles. The Kier molecular flexibility index (Phi) is 5.41. The normalized spacial score (nSPS) is 11.0. The highest BCUT2D eigenvalue weighted by atomic mass is 16.1. The number of rotatable bonds is 7. The zero-order valence-corrected chi connectivity index (χ0v) is 15.1. The van der Waals surface area contributed by atoms with Crippen LogP contribution in [0, 0.1) is 5.92 Å². The third-order valence-electron chi connectivity index (χ3n) is 4.75. The Bertz CT molecular complexity index is 907. The molecule has 0 aliphatic rings. The summed E-state index contributed by atoms with van der Waals surface area (Å²) < 4.78 is 0. The molecule has 0 saturated carbocycles. The number of aromatic nitrogens is 3. The van der Waals surface area contributed by atoms with E-state index in [1.807, 2.05) is 18.2 Å². The van der Waals surface area contributed by atoms with Gasteiger partial charge in [-0.3, -0.25) is 9.78 Å². The summed E-state index contributed by atoms with van der Waals surface area (Å²) in [5.41, 5.74) is 9.42. The molecule has 134 valence electrons. The van der Waals surface area contributed by atoms with Crippen molar-refractivity contribution < 1.29 is 4.79 Å². The first-order valence-electron chi connectivity index (χ1n) is 8.85. The lowest BCUT2D eigenvalue weighted by atomic mass is 10.0. The second kappa shape index (κ2) is 7.91. The van der Waals surface area contributed by atoms with E-state index in [9.17, 15) is 4.79 Å². The molecule has 0 fully saturated rings. The van der Waals surface area contributed by atoms with E-state index in [1.165, 1.54) is 6.33 Å². The van der Waals surface area contributed by atoms with Crippen LogP contribution in [0.25, 0.3) is 22.0 Å². The van der Waals surface area contributed by atoms with Crippen LogP contribution in [-0.2, 0) is 0 Å². The van der Waals surface area contributed by atoms with Gasteiger partial charge < -0.3 is 11.1 Å². The molecule has 1 amide bonds. The second-order valence-corrected chi connectivity index (χ2v) is 6.33. The molecule has 0 atom stereocenters. The number of hydrogen-bond donors (Lipinski definition) is 2. The summed E-state index contributed by atoms with van der Waals surface area (Å²) in [5.74, 6) is 0.0459. The molecule has 0 radical (unpaired) electrons. The number of carbonyl (C=O) groups is 1. The van der Waals surface area contributed by atoms with E-state index in [1.54, 1.807) is 18.6 Å². The third kappa shape index (κ3) is 3.64. The maximum absolute atomic E-state index is 11.9. The smallest absolute Gasteiger partial charge is 0.252 e. The maximum atomic E-state index is 11.9. The summed E-state index contributed by atoms with van der Waals surface area (Å²) in [7, 11) is 0. The molecule has 6 nitrogen and oxygen atoms in total. The SMILES string of the molecule is CCC(CC)CNc1c(C(N)=O)cnc2ccc(-c3cncnc3)cc12. The van der Waals surface area contributed by atoms with Crippen molar-refractivity contribution in [3.05, 3.63) is 48.7 Å². The van der Waals surface area contributed by atoms with Crippen molar-refractivity contribution in [2.75, 3.05) is 11.9 Å². The molecule has 0 unspecified atom stereocenters. The number of benzene rings is 1. The second-order valence-electron chi connectivity index (χ2n) is 6.33. The van der Waals surface area contributed by atoms with Crippen molar-refractivity contribution in [2.45, 2.75) is 26.7 Å². The summed E-state index contributed by atoms with van der Waals surface area (Å²) in [5, 5.41) is 4.32. The Morgan fingerprint density at radius 1 is 1.12 bits per heavy atom. The summed E-state index contributed by atoms with van der Waals surface area (Å²) in [6.45, 7) is 5.12. The van der Waals surface area contributed by atoms with Crippen molar-refractivity contribution in [2.24, 2.45) is 11.7 Å². The monoisotopic (exact) mass is 349 g/mol. The van der Waals surface area contributed by atoms with Gasteiger partial charge in [-0.05, 0) is 23.6 Å². The Morgan fingerprint density at radius 2 is 1.85 bits per heavy atom. The van der Waals surface area contributed by atoms with Gasteiger partial charge in [-0.15, -0.1) is 0 Å². The Balaban J connectivity index is 2.10. The summed E-state index contributed by atoms with van der Waals surface area (Å²) in [6.07, 6.45) is 8.72. The van der Waals surface area contributed by atoms with E-state index < -0.39 is 5.91 Å². The zero-order chi connectivity index (χ0) is 18.5. The van der Waals surface area contributed by atoms with E-state index >= 15 is 0 Å². The minimum Gasteiger partial charge on any atom is -0.384 e. The van der Waals surface area contributed by atoms with Gasteiger partial charge in [0.1, 0.15) is 6.33 Å². The Morgan fingerprint density at radius 3 is 2.50 bits per heavy atom. The standard InChI is InChI=1S/C20H23N5O/c1-3-13(4-2)8-25-19-16-7-14(15-9-22-12-23-10-15)5-6-18(16)24-11-17(19)20(21)26/h5-7,9-13H,3-4,8H2,1-2H3,(H2,21,26)(H,24,25). The largest absolute Gasteiger partial charge is 0.384 e. The molecule has 6 heteroatoms. The number of primary amides is 1. The minimum absolute atomic E-state index is 0.407. The summed E-state index contributed by atoms with van der Waals surface area (Å²) >= 11 is 0. The fourth-order valence-corrected chi connectivity index (χ4v) is 3.02. The number of hydrogen-bond acceptors (Lipinski definition) is 5. The highest BCUT2D eigenvalue weighted by Gasteiger charge is 2.15. The van der Waals surface area contributed by atoms with Crippen LogP contribution in [0.15, 0.2) is 43.1 Å². The van der Waals surface area contributed by atoms with Gasteiger partial charge >= 0.3 is 0 Å². The number of nitrogens with two attached hydrogens (primary N) is 1. The van der Waals surface area contributed by atoms with Crippen molar-refractivity contribution in [3.8, 4) is 11.1 Å². The fourth-order valence-electron chi connectivity index (χ4n) is 3.02. The molecule has 2 heterocycles. The van der Waals surface area contributed by atoms with Crippen LogP contribution in [0.4, 0.5) is 5.69 Å². The van der Waals surface area contributed by atoms with Crippen LogP contribution in [-0.4, -0.2) is 27.4 Å². The fraction of sp³-hybridized carbons (Fsp3) is 0.300. The van der Waals surface area contributed by atoms with Crippen LogP contribution < -0.4 is 11.1 Å². The highest BCUT2D eigenvalue weighted by molar-refractivity contribution is 6.07. The van der Waals surface area contributed by atoms with Crippen molar-refractivity contribution in [1.82, 2.24) is 15.0 Å². The van der Waals surface area contributed by atoms with Gasteiger partial charge in [0.05, 0.1) is 16.8 Å². The maximum Gasteiger partial charge on any atom is 0.252 e. The first kappa shape index (κ1) is 17.8. The van der Waals surface area contributed by atoms with Crippen LogP contribution in [0.3, 0.4) is 0 Å². The van der Waals surface area contributed by atoms with Gasteiger partial charge in [-0.2, -0.15) is 0 Å². The van der Waals surface area contributed by atoms with Gasteiger partial charge in [-0.25, -0.2) is 9.97 Å². The molecule has 0 aliphatic heterocycles. The van der Waals surface area contributed by atoms with Gasteiger partial charge in [0, 0.05) is 36.1 Å². The Hall–Kier alpha value is -3.02. The Labute approximate surface area is 152 Å². The average Bonchev–Trinajstić information content (AvgIpc) is 2.68. The number of anilines is 1. The van der Waals surface area contributed by atoms with Gasteiger partial charge in [0.2, 0.25) is 0 Å². The predicted octanol–water partition coefficient (Wildman–Crippen LogP) is 3.64. The molecule has 3 N–H and O–H groups in total. The van der Waals surface area contributed by atoms with Gasteiger partial charge in [0.25, 0.3) is 5.91 Å². The number of nitrogens with zero attached hydrogens (tertiary/aromatic N) is 3. The van der Waals surface area contributed by atoms with Gasteiger partial charge in [-0.1, -0.05) is 32.8 Å². The molecule has 3 rings (SSSR count). The lowest BCUT2D eigenvalue weighted by molar-refractivity contribution is 0.100. The molecule has 0 spiro atoms. The summed E-state index contributed by atoms with van der Waals surface area (Å²) in [4.78, 5) is 24.5. The van der Waals surface area contributed by atoms with E-state index in [4.69, 9.17) is 5.73 Å². The molecule has 2 aromatic heterocycles. The lowest BCUT2D eigenvalue weighted by Gasteiger charge is -2.18. The predicted molar refractivity (Wildman–Crippen MR) is 104 cm³/mol. The van der Waals surface area contributed by atoms with E-state index in [0.29, 0.717) is 11.5 Å². The molecule has 3 aromatic rings. The van der Waals surface area contributed by atoms with Gasteiger partial charge in [0.15, 0.2) is 0 Å². The third-order valence-corrected chi connectivity index (χ3v) is 4.75. The molecule has 0 bridgehead atoms. The van der Waals surface area contributed by atoms with E-state index in [2.05, 4.69) is 34.1 Å². The van der Waals surface area contributed by atoms with E-state index in [-0.39, 0.29) is 0 Å². The van der Waals surface area contributed by atoms with E-state index in [0.717, 1.165) is 47.1 Å². The minimum atomic E-state index is -0.486. The number of fused-ring (bicyclic) bond motifs is 1. The topological polar surface area (TPSA) is 93.8 Å². The molecule has 26 heavy (non-hydrogen) atoms. The first-order chi connectivity index (χ1) is 12.6. The van der Waals surface area contributed by atoms with Crippen molar-refractivity contribution in [3.63, 3.8) is 0 Å². The average molecular weight is 349 g/mol. The molecule has 1 aromatic carbocycles. The molecule has 0 saturated heterocycles. The number of pyridine rings is 1. The quantitative estimate of drug-likeness (QED) is 0.679. The number of carbonyl (C=O) groups excluding carboxylic acids is 1. The van der Waals surface area contributed by atoms with Crippen LogP contribution in [0.5, 0.6) is 0 Å². The highest BCUT2D eigenvalue weighted by Crippen LogP contribution is 2.30. The van der Waals surface area contributed by atoms with Crippen LogP contribution in [0.2, 0.25) is 0 Å². The molecular weight excluding hydrogens is 326 g/mol. The lowest BCUT2D eigenvalue weighted by Crippen LogP contribution is -2.18. The number of amides is 1. The summed E-state index contributed by atoms with van der Waals surface area (Å²) in [6, 6.07) is 5.91. The number of nitrogens with one attached hydrogen (secondary N) is 1. The van der Waals surface area contributed by atoms with Crippen molar-refractivity contribution in [1.29, 1.82) is 0 Å². The molecular formula is C20H23N5O. The van der Waals surface area contributed by atoms with Crippen LogP contribution in [0.1, 0.15) is 37.0 Å². The van der Waals surface area contributed by atoms with Crippen LogP contribution >= 0.6 is 0 Å². The zero-order valence-electron chi connectivity index (χ0n) is 15.1. The van der Waals surface area contributed by atoms with Crippen molar-refractivity contribution >= 4 is 22.5 Å². The first-order valence-corrected chi connectivity index (χ1v) is 8.85.